The van der Waals surface area contributed by atoms with E-state index in [4.69, 9.17) is 21.4 Å². The summed E-state index contributed by atoms with van der Waals surface area (Å²) in [5.41, 5.74) is -5.81. The summed E-state index contributed by atoms with van der Waals surface area (Å²) >= 11 is 5.38. The Kier molecular flexibility index (Phi) is 4.39. The van der Waals surface area contributed by atoms with E-state index in [1.54, 1.807) is 0 Å². The number of benzene rings is 1. The molecule has 0 radical (unpaired) electrons. The van der Waals surface area contributed by atoms with Crippen molar-refractivity contribution in [3.8, 4) is 0 Å². The molecule has 0 fully saturated rings. The number of hydrogen-bond acceptors (Lipinski definition) is 3. The SMILES string of the molecule is O=P(O)(O)Cc1ccc(Cl)c(S(=O)(=O)C(F)(F)F)c1. The number of halogens is 4. The Hall–Kier alpha value is -0.600. The zero-order valence-corrected chi connectivity index (χ0v) is 11.4. The van der Waals surface area contributed by atoms with Gasteiger partial charge in [0.15, 0.2) is 0 Å². The molecule has 5 nitrogen and oxygen atoms in total. The van der Waals surface area contributed by atoms with Gasteiger partial charge < -0.3 is 9.79 Å². The molecule has 0 saturated carbocycles. The summed E-state index contributed by atoms with van der Waals surface area (Å²) in [6.07, 6.45) is -0.884. The largest absolute Gasteiger partial charge is 0.501 e. The maximum Gasteiger partial charge on any atom is 0.501 e. The molecule has 19 heavy (non-hydrogen) atoms. The van der Waals surface area contributed by atoms with Crippen LogP contribution in [0.25, 0.3) is 0 Å². The predicted molar refractivity (Wildman–Crippen MR) is 60.4 cm³/mol. The summed E-state index contributed by atoms with van der Waals surface area (Å²) in [6, 6.07) is 2.38. The van der Waals surface area contributed by atoms with E-state index in [1.165, 1.54) is 0 Å². The van der Waals surface area contributed by atoms with Crippen LogP contribution in [0.1, 0.15) is 5.56 Å². The van der Waals surface area contributed by atoms with Gasteiger partial charge in [-0.2, -0.15) is 13.2 Å². The van der Waals surface area contributed by atoms with Crippen molar-refractivity contribution in [2.75, 3.05) is 0 Å². The van der Waals surface area contributed by atoms with Gasteiger partial charge in [-0.25, -0.2) is 8.42 Å². The summed E-state index contributed by atoms with van der Waals surface area (Å²) in [4.78, 5) is 16.2. The third-order valence-corrected chi connectivity index (χ3v) is 4.72. The second-order valence-electron chi connectivity index (χ2n) is 3.54. The van der Waals surface area contributed by atoms with Gasteiger partial charge in [-0.3, -0.25) is 4.57 Å². The molecule has 1 aromatic carbocycles. The molecule has 0 aliphatic heterocycles. The first-order valence-electron chi connectivity index (χ1n) is 4.49. The van der Waals surface area contributed by atoms with Crippen molar-refractivity contribution in [3.63, 3.8) is 0 Å². The fourth-order valence-electron chi connectivity index (χ4n) is 1.21. The average molecular weight is 339 g/mol. The fraction of sp³-hybridized carbons (Fsp3) is 0.250. The highest BCUT2D eigenvalue weighted by molar-refractivity contribution is 7.92. The molecule has 0 amide bonds. The highest BCUT2D eigenvalue weighted by Gasteiger charge is 2.48. The van der Waals surface area contributed by atoms with Crippen molar-refractivity contribution in [1.82, 2.24) is 0 Å². The lowest BCUT2D eigenvalue weighted by Gasteiger charge is -2.11. The molecule has 0 bridgehead atoms. The number of hydrogen-bond donors (Lipinski definition) is 2. The Morgan fingerprint density at radius 3 is 2.21 bits per heavy atom. The van der Waals surface area contributed by atoms with Gasteiger partial charge in [-0.05, 0) is 17.7 Å². The molecule has 1 rings (SSSR count). The van der Waals surface area contributed by atoms with Crippen LogP contribution in [-0.2, 0) is 20.6 Å². The van der Waals surface area contributed by atoms with Gasteiger partial charge in [0, 0.05) is 0 Å². The van der Waals surface area contributed by atoms with E-state index in [0.717, 1.165) is 12.1 Å². The molecule has 2 N–H and O–H groups in total. The maximum absolute atomic E-state index is 12.4. The second-order valence-corrected chi connectivity index (χ2v) is 7.50. The Bertz CT molecular complexity index is 636. The van der Waals surface area contributed by atoms with E-state index in [9.17, 15) is 26.2 Å². The zero-order chi connectivity index (χ0) is 15.1. The van der Waals surface area contributed by atoms with Crippen molar-refractivity contribution in [3.05, 3.63) is 28.8 Å². The first-order chi connectivity index (χ1) is 8.34. The van der Waals surface area contributed by atoms with E-state index >= 15 is 0 Å². The molecule has 1 aromatic rings. The van der Waals surface area contributed by atoms with Crippen molar-refractivity contribution < 1.29 is 35.9 Å². The van der Waals surface area contributed by atoms with Gasteiger partial charge in [0.1, 0.15) is 0 Å². The highest BCUT2D eigenvalue weighted by atomic mass is 35.5. The molecule has 0 unspecified atom stereocenters. The third-order valence-electron chi connectivity index (χ3n) is 1.98. The van der Waals surface area contributed by atoms with Crippen LogP contribution in [0.5, 0.6) is 0 Å². The Labute approximate surface area is 111 Å². The second kappa shape index (κ2) is 5.06. The Balaban J connectivity index is 3.38. The average Bonchev–Trinajstić information content (AvgIpc) is 2.16. The first-order valence-corrected chi connectivity index (χ1v) is 8.15. The van der Waals surface area contributed by atoms with Gasteiger partial charge in [0.25, 0.3) is 9.84 Å². The summed E-state index contributed by atoms with van der Waals surface area (Å²) in [5.74, 6) is 0. The van der Waals surface area contributed by atoms with Crippen molar-refractivity contribution >= 4 is 29.0 Å². The lowest BCUT2D eigenvalue weighted by molar-refractivity contribution is -0.0436. The minimum absolute atomic E-state index is 0.263. The Morgan fingerprint density at radius 1 is 1.26 bits per heavy atom. The minimum Gasteiger partial charge on any atom is -0.324 e. The van der Waals surface area contributed by atoms with Crippen LogP contribution in [0.4, 0.5) is 13.2 Å². The summed E-state index contributed by atoms with van der Waals surface area (Å²) in [7, 11) is -10.2. The summed E-state index contributed by atoms with van der Waals surface area (Å²) in [5, 5.41) is -0.674. The Morgan fingerprint density at radius 2 is 1.79 bits per heavy atom. The van der Waals surface area contributed by atoms with Crippen LogP contribution in [0, 0.1) is 0 Å². The van der Waals surface area contributed by atoms with Gasteiger partial charge in [0.05, 0.1) is 16.1 Å². The molecule has 108 valence electrons. The van der Waals surface area contributed by atoms with Crippen molar-refractivity contribution in [1.29, 1.82) is 0 Å². The molecule has 0 saturated heterocycles. The third kappa shape index (κ3) is 3.93. The summed E-state index contributed by atoms with van der Waals surface area (Å²) < 4.78 is 70.2. The van der Waals surface area contributed by atoms with Crippen LogP contribution in [0.3, 0.4) is 0 Å². The van der Waals surface area contributed by atoms with E-state index in [0.29, 0.717) is 6.07 Å². The lowest BCUT2D eigenvalue weighted by atomic mass is 10.2. The van der Waals surface area contributed by atoms with E-state index in [2.05, 4.69) is 0 Å². The molecule has 0 heterocycles. The molecular weight excluding hydrogens is 332 g/mol. The van der Waals surface area contributed by atoms with E-state index in [-0.39, 0.29) is 5.56 Å². The van der Waals surface area contributed by atoms with Crippen LogP contribution < -0.4 is 0 Å². The minimum atomic E-state index is -5.67. The monoisotopic (exact) mass is 338 g/mol. The zero-order valence-electron chi connectivity index (χ0n) is 8.93. The van der Waals surface area contributed by atoms with E-state index < -0.39 is 39.0 Å². The normalized spacial score (nSPS) is 13.6. The number of rotatable bonds is 3. The predicted octanol–water partition coefficient (Wildman–Crippen LogP) is 2.31. The highest BCUT2D eigenvalue weighted by Crippen LogP contribution is 2.41. The first kappa shape index (κ1) is 16.5. The molecule has 11 heteroatoms. The molecule has 0 atom stereocenters. The van der Waals surface area contributed by atoms with Gasteiger partial charge >= 0.3 is 13.1 Å². The van der Waals surface area contributed by atoms with Gasteiger partial charge in [0.2, 0.25) is 0 Å². The molecule has 0 aromatic heterocycles. The van der Waals surface area contributed by atoms with Crippen LogP contribution >= 0.6 is 19.2 Å². The smallest absolute Gasteiger partial charge is 0.324 e. The van der Waals surface area contributed by atoms with Crippen molar-refractivity contribution in [2.24, 2.45) is 0 Å². The maximum atomic E-state index is 12.4. The van der Waals surface area contributed by atoms with Crippen molar-refractivity contribution in [2.45, 2.75) is 16.6 Å². The number of alkyl halides is 3. The quantitative estimate of drug-likeness (QED) is 0.825. The van der Waals surface area contributed by atoms with Crippen LogP contribution in [-0.4, -0.2) is 23.7 Å². The topological polar surface area (TPSA) is 91.7 Å². The van der Waals surface area contributed by atoms with E-state index in [1.807, 2.05) is 0 Å². The van der Waals surface area contributed by atoms with Gasteiger partial charge in [-0.1, -0.05) is 17.7 Å². The van der Waals surface area contributed by atoms with Gasteiger partial charge in [-0.15, -0.1) is 0 Å². The number of sulfone groups is 1. The fourth-order valence-corrected chi connectivity index (χ4v) is 3.19. The molecule has 0 spiro atoms. The van der Waals surface area contributed by atoms with Crippen LogP contribution in [0.2, 0.25) is 5.02 Å². The standard InChI is InChI=1S/C8H7ClF3O5PS/c9-6-2-1-5(4-18(13,14)15)3-7(6)19(16,17)8(10,11)12/h1-3H,4H2,(H2,13,14,15). The molecule has 0 aliphatic carbocycles. The molecule has 0 aliphatic rings. The summed E-state index contributed by atoms with van der Waals surface area (Å²) in [6.45, 7) is 0. The molecular formula is C8H7ClF3O5PS. The van der Waals surface area contributed by atoms with Crippen LogP contribution in [0.15, 0.2) is 23.1 Å². The lowest BCUT2D eigenvalue weighted by Crippen LogP contribution is -2.23.